The third-order valence-corrected chi connectivity index (χ3v) is 3.31. The zero-order chi connectivity index (χ0) is 9.61. The van der Waals surface area contributed by atoms with Crippen LogP contribution in [0.3, 0.4) is 0 Å². The maximum absolute atomic E-state index is 11.8. The molecule has 0 bridgehead atoms. The van der Waals surface area contributed by atoms with Crippen LogP contribution in [0.2, 0.25) is 0 Å². The van der Waals surface area contributed by atoms with Crippen LogP contribution in [0, 0.1) is 0 Å². The molecule has 1 unspecified atom stereocenters. The minimum atomic E-state index is -2.97. The van der Waals surface area contributed by atoms with Gasteiger partial charge in [0.2, 0.25) is 0 Å². The maximum Gasteiger partial charge on any atom is 0.407 e. The van der Waals surface area contributed by atoms with E-state index in [1.807, 2.05) is 6.92 Å². The molecule has 0 saturated carbocycles. The van der Waals surface area contributed by atoms with Crippen molar-refractivity contribution in [2.75, 3.05) is 27.3 Å². The minimum absolute atomic E-state index is 0.402. The Hall–Kier alpha value is 0.110. The molecule has 0 aromatic rings. The highest BCUT2D eigenvalue weighted by atomic mass is 31.2. The molecule has 0 saturated heterocycles. The van der Waals surface area contributed by atoms with Crippen LogP contribution in [-0.4, -0.2) is 32.0 Å². The molecule has 1 atom stereocenters. The van der Waals surface area contributed by atoms with Crippen LogP contribution in [0.15, 0.2) is 0 Å². The lowest BCUT2D eigenvalue weighted by atomic mass is 10.5. The minimum Gasteiger partial charge on any atom is -0.297 e. The average Bonchev–Trinajstić information content (AvgIpc) is 2.01. The van der Waals surface area contributed by atoms with E-state index in [2.05, 4.69) is 0 Å². The molecule has 5 heteroatoms. The summed E-state index contributed by atoms with van der Waals surface area (Å²) in [6.07, 6.45) is 0.838. The van der Waals surface area contributed by atoms with Crippen molar-refractivity contribution in [2.45, 2.75) is 20.3 Å². The molecule has 0 N–H and O–H groups in total. The van der Waals surface area contributed by atoms with Crippen molar-refractivity contribution >= 4 is 7.75 Å². The average molecular weight is 195 g/mol. The number of hydrogen-bond donors (Lipinski definition) is 0. The van der Waals surface area contributed by atoms with Crippen LogP contribution in [0.25, 0.3) is 0 Å². The second kappa shape index (κ2) is 5.70. The molecule has 0 fully saturated rings. The Kier molecular flexibility index (Phi) is 5.76. The molecule has 0 rings (SSSR count). The molecule has 0 aromatic carbocycles. The van der Waals surface area contributed by atoms with Crippen molar-refractivity contribution in [3.8, 4) is 0 Å². The van der Waals surface area contributed by atoms with Gasteiger partial charge in [-0.15, -0.1) is 0 Å². The Balaban J connectivity index is 4.09. The Morgan fingerprint density at radius 3 is 2.17 bits per heavy atom. The summed E-state index contributed by atoms with van der Waals surface area (Å²) in [5.74, 6) is 0. The number of rotatable bonds is 6. The zero-order valence-corrected chi connectivity index (χ0v) is 9.13. The Bertz CT molecular complexity index is 161. The van der Waals surface area contributed by atoms with Crippen molar-refractivity contribution in [3.63, 3.8) is 0 Å². The van der Waals surface area contributed by atoms with Crippen LogP contribution in [0.4, 0.5) is 0 Å². The molecule has 0 amide bonds. The van der Waals surface area contributed by atoms with E-state index < -0.39 is 7.75 Å². The van der Waals surface area contributed by atoms with Gasteiger partial charge in [-0.2, -0.15) is 0 Å². The van der Waals surface area contributed by atoms with E-state index in [4.69, 9.17) is 9.05 Å². The van der Waals surface area contributed by atoms with Crippen molar-refractivity contribution in [1.29, 1.82) is 0 Å². The summed E-state index contributed by atoms with van der Waals surface area (Å²) in [5, 5.41) is 0. The van der Waals surface area contributed by atoms with Crippen LogP contribution < -0.4 is 0 Å². The molecule has 0 spiro atoms. The fourth-order valence-corrected chi connectivity index (χ4v) is 1.91. The largest absolute Gasteiger partial charge is 0.407 e. The van der Waals surface area contributed by atoms with Gasteiger partial charge >= 0.3 is 7.75 Å². The first-order valence-corrected chi connectivity index (χ1v) is 5.63. The summed E-state index contributed by atoms with van der Waals surface area (Å²) in [6, 6.07) is 0. The summed E-state index contributed by atoms with van der Waals surface area (Å²) < 4.78 is 23.4. The Labute approximate surface area is 74.4 Å². The van der Waals surface area contributed by atoms with Crippen molar-refractivity contribution in [2.24, 2.45) is 0 Å². The second-order valence-electron chi connectivity index (χ2n) is 2.57. The Morgan fingerprint density at radius 1 is 1.25 bits per heavy atom. The molecule has 0 aromatic heterocycles. The quantitative estimate of drug-likeness (QED) is 0.608. The van der Waals surface area contributed by atoms with Gasteiger partial charge in [0.15, 0.2) is 0 Å². The van der Waals surface area contributed by atoms with E-state index in [1.165, 1.54) is 4.67 Å². The molecule has 0 aliphatic carbocycles. The predicted molar refractivity (Wildman–Crippen MR) is 49.2 cm³/mol. The fraction of sp³-hybridized carbons (Fsp3) is 1.00. The third-order valence-electron chi connectivity index (χ3n) is 1.24. The van der Waals surface area contributed by atoms with Gasteiger partial charge in [-0.1, -0.05) is 6.92 Å². The number of nitrogens with zero attached hydrogens (tertiary/aromatic N) is 1. The fourth-order valence-electron chi connectivity index (χ4n) is 0.638. The Morgan fingerprint density at radius 2 is 1.83 bits per heavy atom. The lowest BCUT2D eigenvalue weighted by Gasteiger charge is -2.22. The number of hydrogen-bond acceptors (Lipinski definition) is 3. The molecule has 12 heavy (non-hydrogen) atoms. The van der Waals surface area contributed by atoms with Crippen LogP contribution in [-0.2, 0) is 13.6 Å². The molecule has 0 aliphatic rings. The summed E-state index contributed by atoms with van der Waals surface area (Å²) in [5.41, 5.74) is 0. The van der Waals surface area contributed by atoms with E-state index in [0.29, 0.717) is 13.2 Å². The third kappa shape index (κ3) is 3.68. The van der Waals surface area contributed by atoms with Crippen molar-refractivity contribution in [3.05, 3.63) is 0 Å². The normalized spacial score (nSPS) is 16.4. The van der Waals surface area contributed by atoms with Gasteiger partial charge < -0.3 is 0 Å². The molecule has 0 heterocycles. The summed E-state index contributed by atoms with van der Waals surface area (Å²) in [7, 11) is 0.399. The molecule has 4 nitrogen and oxygen atoms in total. The smallest absolute Gasteiger partial charge is 0.297 e. The van der Waals surface area contributed by atoms with Gasteiger partial charge in [0.25, 0.3) is 0 Å². The highest BCUT2D eigenvalue weighted by molar-refractivity contribution is 7.51. The molecule has 0 aliphatic heterocycles. The first-order valence-electron chi connectivity index (χ1n) is 4.13. The second-order valence-corrected chi connectivity index (χ2v) is 4.82. The van der Waals surface area contributed by atoms with E-state index >= 15 is 0 Å². The predicted octanol–water partition coefficient (Wildman–Crippen LogP) is 2.12. The van der Waals surface area contributed by atoms with Gasteiger partial charge in [-0.3, -0.25) is 9.05 Å². The van der Waals surface area contributed by atoms with E-state index in [9.17, 15) is 4.57 Å². The lowest BCUT2D eigenvalue weighted by Crippen LogP contribution is -2.13. The summed E-state index contributed by atoms with van der Waals surface area (Å²) in [6.45, 7) is 4.63. The van der Waals surface area contributed by atoms with E-state index in [1.54, 1.807) is 21.0 Å². The summed E-state index contributed by atoms with van der Waals surface area (Å²) in [4.78, 5) is 0. The summed E-state index contributed by atoms with van der Waals surface area (Å²) >= 11 is 0. The van der Waals surface area contributed by atoms with Gasteiger partial charge in [-0.25, -0.2) is 9.24 Å². The standard InChI is InChI=1S/C7H18NO3P/c1-5-7-11-12(9,8(3)4)10-6-2/h5-7H2,1-4H3. The molecular weight excluding hydrogens is 177 g/mol. The lowest BCUT2D eigenvalue weighted by molar-refractivity contribution is 0.178. The molecular formula is C7H18NO3P. The molecule has 0 radical (unpaired) electrons. The van der Waals surface area contributed by atoms with E-state index in [-0.39, 0.29) is 0 Å². The van der Waals surface area contributed by atoms with Gasteiger partial charge in [0.05, 0.1) is 13.2 Å². The van der Waals surface area contributed by atoms with Crippen LogP contribution in [0.5, 0.6) is 0 Å². The highest BCUT2D eigenvalue weighted by Crippen LogP contribution is 2.49. The zero-order valence-electron chi connectivity index (χ0n) is 8.24. The van der Waals surface area contributed by atoms with Crippen molar-refractivity contribution < 1.29 is 13.6 Å². The SMILES string of the molecule is CCCOP(=O)(OCC)N(C)C. The first-order chi connectivity index (χ1) is 5.56. The van der Waals surface area contributed by atoms with E-state index in [0.717, 1.165) is 6.42 Å². The van der Waals surface area contributed by atoms with Gasteiger partial charge in [0, 0.05) is 0 Å². The van der Waals surface area contributed by atoms with Crippen LogP contribution in [0.1, 0.15) is 20.3 Å². The van der Waals surface area contributed by atoms with Gasteiger partial charge in [0.1, 0.15) is 0 Å². The first kappa shape index (κ1) is 12.1. The highest BCUT2D eigenvalue weighted by Gasteiger charge is 2.26. The van der Waals surface area contributed by atoms with Crippen molar-refractivity contribution in [1.82, 2.24) is 4.67 Å². The topological polar surface area (TPSA) is 38.8 Å². The monoisotopic (exact) mass is 195 g/mol. The molecule has 74 valence electrons. The van der Waals surface area contributed by atoms with Gasteiger partial charge in [-0.05, 0) is 27.4 Å². The maximum atomic E-state index is 11.8. The van der Waals surface area contributed by atoms with Crippen LogP contribution >= 0.6 is 7.75 Å².